The van der Waals surface area contributed by atoms with E-state index >= 15 is 8.78 Å². The number of hydrogen-bond acceptors (Lipinski definition) is 18. The molecule has 0 spiro atoms. The van der Waals surface area contributed by atoms with E-state index in [4.69, 9.17) is 42.8 Å². The molecule has 1 aromatic carbocycles. The molecule has 344 valence electrons. The minimum absolute atomic E-state index is 0.0118. The third-order valence-electron chi connectivity index (χ3n) is 10.4. The number of rotatable bonds is 15. The van der Waals surface area contributed by atoms with Crippen LogP contribution in [0.2, 0.25) is 0 Å². The number of unbranched alkanes of at least 4 members (excludes halogenated alkanes) is 7. The second kappa shape index (κ2) is 20.8. The molecule has 3 fully saturated rings. The van der Waals surface area contributed by atoms with Gasteiger partial charge in [0, 0.05) is 18.0 Å². The average molecular weight is 946 g/mol. The largest absolute Gasteiger partial charge is 0.513 e. The van der Waals surface area contributed by atoms with Gasteiger partial charge in [0.05, 0.1) is 26.1 Å². The summed E-state index contributed by atoms with van der Waals surface area (Å²) in [6.45, 7) is -3.99. The van der Waals surface area contributed by atoms with Crippen molar-refractivity contribution in [3.05, 3.63) is 75.6 Å². The van der Waals surface area contributed by atoms with E-state index in [0.717, 1.165) is 42.4 Å². The molecule has 0 saturated carbocycles. The Labute approximate surface area is 362 Å². The van der Waals surface area contributed by atoms with E-state index in [1.165, 1.54) is 44.1 Å². The second-order valence-electron chi connectivity index (χ2n) is 14.9. The standard InChI is InChI=1S/C37H47F2N7O14P2S/c1-2-3-4-5-6-7-8-9-16-53-37(49)56-23-12-10-22(11-13-23)19-63-62(52)55-18-25-30(27(38)35(58-25)46-21-43-29-32(40)41-20-42-33(29)46)59-61(50,51)54-17-24-31(60-62)28(39)34(57-24)45-15-14-26(47)44-36(45)48/h10-15,20-21,24-25,27-28,30-31,34-35H,2-9,16-19H2,1H3,(H,50,51)(H2,40,41,42)(H,44,47,48)/t24-,25-,27-,28-,30-,31-,34-,35-,62?/m1/s1. The van der Waals surface area contributed by atoms with Gasteiger partial charge >= 0.3 is 26.5 Å². The van der Waals surface area contributed by atoms with E-state index in [0.29, 0.717) is 27.9 Å². The van der Waals surface area contributed by atoms with Crippen LogP contribution in [-0.4, -0.2) is 96.7 Å². The molecule has 6 heterocycles. The minimum Gasteiger partial charge on any atom is -0.434 e. The molecule has 3 aromatic heterocycles. The number of halogens is 2. The number of fused-ring (bicyclic) bond motifs is 3. The molecular weight excluding hydrogens is 898 g/mol. The number of nitrogen functional groups attached to an aromatic ring is 1. The molecule has 3 saturated heterocycles. The van der Waals surface area contributed by atoms with Gasteiger partial charge < -0.3 is 29.6 Å². The number of hydrogen-bond donors (Lipinski definition) is 3. The Bertz CT molecular complexity index is 2410. The van der Waals surface area contributed by atoms with Crippen LogP contribution in [-0.2, 0) is 47.2 Å². The van der Waals surface area contributed by atoms with Crippen molar-refractivity contribution in [2.24, 2.45) is 0 Å². The number of anilines is 1. The number of phosphoric acid groups is 1. The summed E-state index contributed by atoms with van der Waals surface area (Å²) >= 11 is 0.595. The van der Waals surface area contributed by atoms with Crippen LogP contribution in [0.1, 0.15) is 76.3 Å². The molecule has 0 amide bonds. The van der Waals surface area contributed by atoms with E-state index in [1.54, 1.807) is 12.1 Å². The van der Waals surface area contributed by atoms with Crippen LogP contribution in [0.5, 0.6) is 5.75 Å². The van der Waals surface area contributed by atoms with Crippen LogP contribution in [0.4, 0.5) is 19.4 Å². The van der Waals surface area contributed by atoms with Crippen molar-refractivity contribution in [2.45, 2.75) is 113 Å². The van der Waals surface area contributed by atoms with Gasteiger partial charge in [0.15, 0.2) is 36.3 Å². The van der Waals surface area contributed by atoms with E-state index in [-0.39, 0.29) is 35.1 Å². The monoisotopic (exact) mass is 945 g/mol. The fourth-order valence-electron chi connectivity index (χ4n) is 7.13. The molecule has 0 bridgehead atoms. The first-order valence-corrected chi connectivity index (χ1v) is 24.9. The van der Waals surface area contributed by atoms with Crippen molar-refractivity contribution in [3.8, 4) is 5.75 Å². The molecule has 4 aromatic rings. The molecule has 21 nitrogen and oxygen atoms in total. The number of carbonyl (C=O) groups excluding carboxylic acids is 1. The lowest BCUT2D eigenvalue weighted by atomic mass is 10.1. The quantitative estimate of drug-likeness (QED) is 0.0530. The molecule has 3 aliphatic rings. The lowest BCUT2D eigenvalue weighted by Crippen LogP contribution is -2.38. The van der Waals surface area contributed by atoms with Gasteiger partial charge in [0.2, 0.25) is 0 Å². The highest BCUT2D eigenvalue weighted by molar-refractivity contribution is 8.54. The van der Waals surface area contributed by atoms with Crippen LogP contribution < -0.4 is 21.7 Å². The number of carbonyl (C=O) groups is 1. The predicted octanol–water partition coefficient (Wildman–Crippen LogP) is 6.04. The highest BCUT2D eigenvalue weighted by Crippen LogP contribution is 2.65. The third-order valence-corrected chi connectivity index (χ3v) is 15.0. The summed E-state index contributed by atoms with van der Waals surface area (Å²) in [5.41, 5.74) is 4.75. The Kier molecular flexibility index (Phi) is 15.5. The molecule has 2 unspecified atom stereocenters. The van der Waals surface area contributed by atoms with E-state index in [2.05, 4.69) is 21.9 Å². The minimum atomic E-state index is -5.23. The summed E-state index contributed by atoms with van der Waals surface area (Å²) in [5.74, 6) is 0.0514. The van der Waals surface area contributed by atoms with Crippen LogP contribution in [0.15, 0.2) is 58.8 Å². The SMILES string of the molecule is CCCCCCCCCCOC(=O)Oc1ccc(CSP2(=O)OC[C@H]3O[C@@H](n4cnc5c(N)ncnc54)[C@H](F)[C@@H]3OP(=O)(O)OC[C@H]3O[C@@H](n4ccc(=O)[nH]c4=O)[C@H](F)[C@@H]3O2)cc1. The molecular formula is C37H47F2N7O14P2S. The van der Waals surface area contributed by atoms with Gasteiger partial charge in [-0.2, -0.15) is 0 Å². The van der Waals surface area contributed by atoms with E-state index in [1.807, 2.05) is 4.98 Å². The maximum atomic E-state index is 16.4. The summed E-state index contributed by atoms with van der Waals surface area (Å²) < 4.78 is 107. The normalized spacial score (nSPS) is 30.0. The fraction of sp³-hybridized carbons (Fsp3) is 0.568. The smallest absolute Gasteiger partial charge is 0.434 e. The Morgan fingerprint density at radius 3 is 2.25 bits per heavy atom. The number of H-pyrrole nitrogens is 1. The van der Waals surface area contributed by atoms with Gasteiger partial charge in [0.1, 0.15) is 42.0 Å². The van der Waals surface area contributed by atoms with Gasteiger partial charge in [-0.15, -0.1) is 0 Å². The summed E-state index contributed by atoms with van der Waals surface area (Å²) in [6.07, 6.45) is -3.89. The summed E-state index contributed by atoms with van der Waals surface area (Å²) in [6, 6.07) is 7.03. The van der Waals surface area contributed by atoms with Crippen molar-refractivity contribution in [1.82, 2.24) is 29.1 Å². The lowest BCUT2D eigenvalue weighted by molar-refractivity contribution is -0.0619. The Hall–Kier alpha value is -4.09. The Morgan fingerprint density at radius 1 is 0.905 bits per heavy atom. The highest BCUT2D eigenvalue weighted by Gasteiger charge is 2.55. The number of alkyl halides is 2. The topological polar surface area (TPSA) is 270 Å². The van der Waals surface area contributed by atoms with Crippen molar-refractivity contribution in [2.75, 3.05) is 25.6 Å². The lowest BCUT2D eigenvalue weighted by Gasteiger charge is -2.29. The molecule has 63 heavy (non-hydrogen) atoms. The van der Waals surface area contributed by atoms with Crippen molar-refractivity contribution >= 4 is 49.1 Å². The molecule has 4 N–H and O–H groups in total. The molecule has 0 aliphatic carbocycles. The molecule has 3 aliphatic heterocycles. The summed E-state index contributed by atoms with van der Waals surface area (Å²) in [4.78, 5) is 61.5. The maximum Gasteiger partial charge on any atom is 0.513 e. The highest BCUT2D eigenvalue weighted by atomic mass is 32.7. The van der Waals surface area contributed by atoms with Gasteiger partial charge in [0.25, 0.3) is 5.56 Å². The van der Waals surface area contributed by atoms with Gasteiger partial charge in [-0.1, -0.05) is 64.0 Å². The first-order valence-electron chi connectivity index (χ1n) is 20.2. The van der Waals surface area contributed by atoms with Crippen molar-refractivity contribution < 1.29 is 64.6 Å². The van der Waals surface area contributed by atoms with Crippen molar-refractivity contribution in [1.29, 1.82) is 0 Å². The number of aromatic amines is 1. The number of nitrogens with two attached hydrogens (primary N) is 1. The second-order valence-corrected chi connectivity index (χ2v) is 20.3. The average Bonchev–Trinajstić information content (AvgIpc) is 3.91. The van der Waals surface area contributed by atoms with Gasteiger partial charge in [-0.05, 0) is 35.5 Å². The van der Waals surface area contributed by atoms with E-state index in [9.17, 15) is 28.4 Å². The zero-order chi connectivity index (χ0) is 44.7. The van der Waals surface area contributed by atoms with Crippen molar-refractivity contribution in [3.63, 3.8) is 0 Å². The van der Waals surface area contributed by atoms with E-state index < -0.39 is 94.5 Å². The number of phosphoric ester groups is 1. The zero-order valence-electron chi connectivity index (χ0n) is 33.8. The summed E-state index contributed by atoms with van der Waals surface area (Å²) in [5, 5.41) is 0. The number of nitrogens with zero attached hydrogens (tertiary/aromatic N) is 5. The number of nitrogens with one attached hydrogen (secondary N) is 1. The van der Waals surface area contributed by atoms with Crippen LogP contribution in [0.25, 0.3) is 11.2 Å². The number of benzene rings is 1. The molecule has 0 radical (unpaired) electrons. The number of aromatic nitrogens is 6. The molecule has 10 atom stereocenters. The Balaban J connectivity index is 1.07. The van der Waals surface area contributed by atoms with Crippen LogP contribution in [0, 0.1) is 0 Å². The predicted molar refractivity (Wildman–Crippen MR) is 220 cm³/mol. The van der Waals surface area contributed by atoms with Crippen LogP contribution >= 0.6 is 26.0 Å². The number of ether oxygens (including phenoxy) is 4. The van der Waals surface area contributed by atoms with Gasteiger partial charge in [-0.25, -0.2) is 42.5 Å². The molecule has 7 rings (SSSR count). The first kappa shape index (κ1) is 46.9. The summed E-state index contributed by atoms with van der Waals surface area (Å²) in [7, 11) is -5.23. The zero-order valence-corrected chi connectivity index (χ0v) is 36.5. The number of imidazole rings is 1. The van der Waals surface area contributed by atoms with Crippen LogP contribution in [0.3, 0.4) is 0 Å². The fourth-order valence-corrected chi connectivity index (χ4v) is 11.5. The third kappa shape index (κ3) is 11.6. The van der Waals surface area contributed by atoms with Gasteiger partial charge in [-0.3, -0.25) is 37.0 Å². The Morgan fingerprint density at radius 2 is 1.56 bits per heavy atom. The molecule has 26 heteroatoms. The first-order chi connectivity index (χ1) is 30.2. The maximum absolute atomic E-state index is 16.4.